The lowest BCUT2D eigenvalue weighted by molar-refractivity contribution is -0.146. The second-order valence-electron chi connectivity index (χ2n) is 1.83. The summed E-state index contributed by atoms with van der Waals surface area (Å²) >= 11 is 0. The van der Waals surface area contributed by atoms with Gasteiger partial charge in [-0.1, -0.05) is 6.92 Å². The van der Waals surface area contributed by atoms with E-state index >= 15 is 0 Å². The number of carbonyl (C=O) groups excluding carboxylic acids is 2. The number of primary amides is 1. The van der Waals surface area contributed by atoms with Crippen LogP contribution in [0.3, 0.4) is 0 Å². The van der Waals surface area contributed by atoms with E-state index in [0.29, 0.717) is 6.61 Å². The maximum Gasteiger partial charge on any atom is 0.405 e. The zero-order valence-corrected chi connectivity index (χ0v) is 6.33. The molecule has 0 bridgehead atoms. The van der Waals surface area contributed by atoms with Crippen LogP contribution in [-0.4, -0.2) is 25.3 Å². The Morgan fingerprint density at radius 2 is 2.00 bits per heavy atom. The lowest BCUT2D eigenvalue weighted by atomic mass is 10.5. The molecule has 0 aromatic heterocycles. The molecule has 0 saturated heterocycles. The Bertz CT molecular complexity index is 146. The first-order valence-corrected chi connectivity index (χ1v) is 3.24. The van der Waals surface area contributed by atoms with Crippen molar-refractivity contribution < 1.29 is 19.1 Å². The molecule has 11 heavy (non-hydrogen) atoms. The predicted octanol–water partition coefficient (Wildman–Crippen LogP) is 0.0349. The molecule has 0 spiro atoms. The first kappa shape index (κ1) is 9.74. The smallest absolute Gasteiger partial charge is 0.405 e. The molecule has 0 aromatic rings. The Balaban J connectivity index is 3.30. The highest BCUT2D eigenvalue weighted by Crippen LogP contribution is 1.83. The van der Waals surface area contributed by atoms with Crippen molar-refractivity contribution in [1.29, 1.82) is 0 Å². The zero-order valence-electron chi connectivity index (χ0n) is 6.33. The molecular weight excluding hydrogens is 150 g/mol. The van der Waals surface area contributed by atoms with Crippen molar-refractivity contribution in [3.63, 3.8) is 0 Å². The first-order chi connectivity index (χ1) is 5.16. The van der Waals surface area contributed by atoms with Crippen molar-refractivity contribution in [2.75, 3.05) is 13.2 Å². The number of esters is 1. The molecule has 0 saturated carbocycles. The minimum atomic E-state index is -0.974. The molecule has 1 amide bonds. The standard InChI is InChI=1S/C6H11NO4/c1-2-3-10-5(8)4-11-6(7)9/h2-4H2,1H3,(H2,7,9). The van der Waals surface area contributed by atoms with Gasteiger partial charge in [-0.3, -0.25) is 0 Å². The molecular formula is C6H11NO4. The molecule has 0 heterocycles. The second-order valence-corrected chi connectivity index (χ2v) is 1.83. The molecule has 0 radical (unpaired) electrons. The fraction of sp³-hybridized carbons (Fsp3) is 0.667. The van der Waals surface area contributed by atoms with Crippen molar-refractivity contribution >= 4 is 12.1 Å². The van der Waals surface area contributed by atoms with Crippen LogP contribution in [0, 0.1) is 0 Å². The zero-order chi connectivity index (χ0) is 8.69. The van der Waals surface area contributed by atoms with Crippen LogP contribution in [0.15, 0.2) is 0 Å². The highest BCUT2D eigenvalue weighted by atomic mass is 16.6. The number of nitrogens with two attached hydrogens (primary N) is 1. The van der Waals surface area contributed by atoms with Gasteiger partial charge in [-0.2, -0.15) is 0 Å². The van der Waals surface area contributed by atoms with Crippen LogP contribution in [0.5, 0.6) is 0 Å². The molecule has 0 aliphatic heterocycles. The molecule has 5 heteroatoms. The molecule has 0 unspecified atom stereocenters. The summed E-state index contributed by atoms with van der Waals surface area (Å²) < 4.78 is 8.73. The number of hydrogen-bond acceptors (Lipinski definition) is 4. The predicted molar refractivity (Wildman–Crippen MR) is 36.8 cm³/mol. The molecule has 0 aromatic carbocycles. The van der Waals surface area contributed by atoms with Gasteiger partial charge in [0.15, 0.2) is 6.61 Å². The van der Waals surface area contributed by atoms with Crippen LogP contribution in [0.4, 0.5) is 4.79 Å². The Labute approximate surface area is 64.5 Å². The Morgan fingerprint density at radius 3 is 2.45 bits per heavy atom. The monoisotopic (exact) mass is 161 g/mol. The van der Waals surface area contributed by atoms with E-state index in [2.05, 4.69) is 15.2 Å². The third-order valence-electron chi connectivity index (χ3n) is 0.799. The van der Waals surface area contributed by atoms with E-state index in [1.54, 1.807) is 0 Å². The van der Waals surface area contributed by atoms with Crippen LogP contribution in [0.1, 0.15) is 13.3 Å². The van der Waals surface area contributed by atoms with Crippen LogP contribution in [0.25, 0.3) is 0 Å². The molecule has 0 atom stereocenters. The number of ether oxygens (including phenoxy) is 2. The molecule has 0 aliphatic rings. The van der Waals surface area contributed by atoms with Crippen molar-refractivity contribution in [2.45, 2.75) is 13.3 Å². The van der Waals surface area contributed by atoms with E-state index in [-0.39, 0.29) is 0 Å². The largest absolute Gasteiger partial charge is 0.463 e. The van der Waals surface area contributed by atoms with Gasteiger partial charge in [0.1, 0.15) is 0 Å². The quantitative estimate of drug-likeness (QED) is 0.590. The summed E-state index contributed by atoms with van der Waals surface area (Å²) in [4.78, 5) is 20.5. The summed E-state index contributed by atoms with van der Waals surface area (Å²) in [6.07, 6.45) is -0.235. The first-order valence-electron chi connectivity index (χ1n) is 3.24. The lowest BCUT2D eigenvalue weighted by Gasteiger charge is -2.01. The fourth-order valence-corrected chi connectivity index (χ4v) is 0.388. The summed E-state index contributed by atoms with van der Waals surface area (Å²) in [5, 5.41) is 0. The maximum atomic E-state index is 10.6. The van der Waals surface area contributed by atoms with Crippen LogP contribution in [-0.2, 0) is 14.3 Å². The van der Waals surface area contributed by atoms with Gasteiger partial charge in [0.2, 0.25) is 0 Å². The minimum Gasteiger partial charge on any atom is -0.463 e. The number of amides is 1. The summed E-state index contributed by atoms with van der Waals surface area (Å²) in [6, 6.07) is 0. The van der Waals surface area contributed by atoms with Gasteiger partial charge in [0.05, 0.1) is 6.61 Å². The third kappa shape index (κ3) is 6.63. The van der Waals surface area contributed by atoms with Gasteiger partial charge in [0, 0.05) is 0 Å². The fourth-order valence-electron chi connectivity index (χ4n) is 0.388. The third-order valence-corrected chi connectivity index (χ3v) is 0.799. The number of hydrogen-bond donors (Lipinski definition) is 1. The minimum absolute atomic E-state index is 0.334. The van der Waals surface area contributed by atoms with E-state index in [1.807, 2.05) is 6.92 Å². The highest BCUT2D eigenvalue weighted by Gasteiger charge is 2.03. The summed E-state index contributed by atoms with van der Waals surface area (Å²) in [5.41, 5.74) is 4.60. The Morgan fingerprint density at radius 1 is 1.36 bits per heavy atom. The average Bonchev–Trinajstić information content (AvgIpc) is 1.97. The SMILES string of the molecule is CCCOC(=O)COC(N)=O. The highest BCUT2D eigenvalue weighted by molar-refractivity contribution is 5.74. The Hall–Kier alpha value is -1.26. The molecule has 0 fully saturated rings. The topological polar surface area (TPSA) is 78.6 Å². The Kier molecular flexibility index (Phi) is 4.89. The van der Waals surface area contributed by atoms with E-state index in [0.717, 1.165) is 6.42 Å². The van der Waals surface area contributed by atoms with Crippen molar-refractivity contribution in [3.05, 3.63) is 0 Å². The lowest BCUT2D eigenvalue weighted by Crippen LogP contribution is -2.20. The van der Waals surface area contributed by atoms with Crippen LogP contribution in [0.2, 0.25) is 0 Å². The van der Waals surface area contributed by atoms with Crippen molar-refractivity contribution in [2.24, 2.45) is 5.73 Å². The van der Waals surface area contributed by atoms with Crippen LogP contribution < -0.4 is 5.73 Å². The van der Waals surface area contributed by atoms with Gasteiger partial charge in [0.25, 0.3) is 0 Å². The molecule has 0 aliphatic carbocycles. The summed E-state index contributed by atoms with van der Waals surface area (Å²) in [5.74, 6) is -0.578. The molecule has 64 valence electrons. The second kappa shape index (κ2) is 5.52. The number of carbonyl (C=O) groups is 2. The summed E-state index contributed by atoms with van der Waals surface area (Å²) in [7, 11) is 0. The number of rotatable bonds is 4. The van der Waals surface area contributed by atoms with Crippen LogP contribution >= 0.6 is 0 Å². The van der Waals surface area contributed by atoms with Crippen molar-refractivity contribution in [1.82, 2.24) is 0 Å². The molecule has 0 rings (SSSR count). The average molecular weight is 161 g/mol. The van der Waals surface area contributed by atoms with Crippen molar-refractivity contribution in [3.8, 4) is 0 Å². The van der Waals surface area contributed by atoms with Gasteiger partial charge in [-0.05, 0) is 6.42 Å². The summed E-state index contributed by atoms with van der Waals surface area (Å²) in [6.45, 7) is 1.79. The van der Waals surface area contributed by atoms with Gasteiger partial charge in [-0.15, -0.1) is 0 Å². The molecule has 2 N–H and O–H groups in total. The molecule has 5 nitrogen and oxygen atoms in total. The normalized spacial score (nSPS) is 8.82. The van der Waals surface area contributed by atoms with Gasteiger partial charge < -0.3 is 15.2 Å². The van der Waals surface area contributed by atoms with E-state index in [1.165, 1.54) is 0 Å². The van der Waals surface area contributed by atoms with Gasteiger partial charge >= 0.3 is 12.1 Å². The van der Waals surface area contributed by atoms with Gasteiger partial charge in [-0.25, -0.2) is 9.59 Å². The van der Waals surface area contributed by atoms with E-state index in [4.69, 9.17) is 0 Å². The van der Waals surface area contributed by atoms with E-state index in [9.17, 15) is 9.59 Å². The maximum absolute atomic E-state index is 10.6. The van der Waals surface area contributed by atoms with E-state index < -0.39 is 18.7 Å².